The van der Waals surface area contributed by atoms with E-state index in [2.05, 4.69) is 0 Å². The molecule has 34 heavy (non-hydrogen) atoms. The molecule has 3 saturated carbocycles. The Bertz CT molecular complexity index is 961. The smallest absolute Gasteiger partial charge is 0.281 e. The van der Waals surface area contributed by atoms with E-state index in [1.807, 2.05) is 27.7 Å². The van der Waals surface area contributed by atoms with Crippen molar-refractivity contribution in [3.63, 3.8) is 0 Å². The topological polar surface area (TPSA) is 93.1 Å². The van der Waals surface area contributed by atoms with Crippen molar-refractivity contribution >= 4 is 11.6 Å². The quantitative estimate of drug-likeness (QED) is 0.646. The fourth-order valence-electron chi connectivity index (χ4n) is 8.61. The molecule has 4 fully saturated rings. The maximum absolute atomic E-state index is 15.6. The zero-order valence-corrected chi connectivity index (χ0v) is 20.6. The Morgan fingerprint density at radius 1 is 1.24 bits per heavy atom. The molecule has 5 unspecified atom stereocenters. The molecule has 6 nitrogen and oxygen atoms in total. The summed E-state index contributed by atoms with van der Waals surface area (Å²) < 4.78 is 27.4. The monoisotopic (exact) mass is 476 g/mol. The highest BCUT2D eigenvalue weighted by Gasteiger charge is 2.74. The molecule has 0 aromatic carbocycles. The molecule has 0 amide bonds. The van der Waals surface area contributed by atoms with Crippen molar-refractivity contribution in [3.8, 4) is 0 Å². The van der Waals surface area contributed by atoms with Crippen LogP contribution in [0.3, 0.4) is 0 Å². The molecule has 0 bridgehead atoms. The molecule has 1 aliphatic heterocycles. The van der Waals surface area contributed by atoms with Gasteiger partial charge >= 0.3 is 0 Å². The first kappa shape index (κ1) is 24.3. The second-order valence-corrected chi connectivity index (χ2v) is 11.8. The summed E-state index contributed by atoms with van der Waals surface area (Å²) in [6, 6.07) is 0. The van der Waals surface area contributed by atoms with Crippen LogP contribution in [0.25, 0.3) is 0 Å². The Balaban J connectivity index is 1.56. The highest BCUT2D eigenvalue weighted by atomic mass is 19.1. The standard InChI is InChI=1S/C27H37FO6/c1-5-6-8-26(32)33-14-22(31)27(34-26)15(2)10-18-17-12-20(28)19-11-16(29)7-9-24(19,3)23(17)21(30)13-25(18,27)4/h7,9,11,15,17-18,20-21,23,30,32H,5-6,8,10,12-14H2,1-4H3/t15-,17?,18+,20+,21+,23?,24?,25?,26?,27+/m1/s1. The van der Waals surface area contributed by atoms with E-state index in [1.165, 1.54) is 12.2 Å². The van der Waals surface area contributed by atoms with E-state index in [0.29, 0.717) is 24.8 Å². The van der Waals surface area contributed by atoms with E-state index >= 15 is 4.39 Å². The van der Waals surface area contributed by atoms with Crippen molar-refractivity contribution in [1.82, 2.24) is 0 Å². The van der Waals surface area contributed by atoms with Gasteiger partial charge in [-0.3, -0.25) is 9.59 Å². The number of fused-ring (bicyclic) bond motifs is 6. The summed E-state index contributed by atoms with van der Waals surface area (Å²) in [5, 5.41) is 22.8. The molecule has 1 saturated heterocycles. The number of unbranched alkanes of at least 4 members (excludes halogenated alkanes) is 1. The third kappa shape index (κ3) is 3.06. The number of hydrogen-bond acceptors (Lipinski definition) is 6. The van der Waals surface area contributed by atoms with Crippen molar-refractivity contribution in [2.75, 3.05) is 6.61 Å². The number of carbonyl (C=O) groups excluding carboxylic acids is 2. The lowest BCUT2D eigenvalue weighted by molar-refractivity contribution is -0.423. The zero-order chi connectivity index (χ0) is 24.7. The molecule has 10 atom stereocenters. The maximum Gasteiger partial charge on any atom is 0.281 e. The van der Waals surface area contributed by atoms with Gasteiger partial charge in [0.05, 0.1) is 6.10 Å². The largest absolute Gasteiger partial charge is 0.393 e. The van der Waals surface area contributed by atoms with Gasteiger partial charge in [-0.1, -0.05) is 40.2 Å². The molecular formula is C27H37FO6. The van der Waals surface area contributed by atoms with E-state index < -0.39 is 34.7 Å². The third-order valence-electron chi connectivity index (χ3n) is 10.0. The zero-order valence-electron chi connectivity index (χ0n) is 20.6. The predicted octanol–water partition coefficient (Wildman–Crippen LogP) is 3.65. The van der Waals surface area contributed by atoms with Crippen LogP contribution in [0.1, 0.15) is 66.2 Å². The highest BCUT2D eigenvalue weighted by Crippen LogP contribution is 2.70. The molecule has 5 aliphatic rings. The van der Waals surface area contributed by atoms with Gasteiger partial charge < -0.3 is 19.7 Å². The molecule has 7 heteroatoms. The summed E-state index contributed by atoms with van der Waals surface area (Å²) in [6.45, 7) is 7.64. The summed E-state index contributed by atoms with van der Waals surface area (Å²) >= 11 is 0. The number of ether oxygens (including phenoxy) is 2. The van der Waals surface area contributed by atoms with Crippen LogP contribution in [0.2, 0.25) is 0 Å². The van der Waals surface area contributed by atoms with Crippen LogP contribution in [-0.4, -0.2) is 52.2 Å². The number of halogens is 1. The summed E-state index contributed by atoms with van der Waals surface area (Å²) in [4.78, 5) is 25.6. The lowest BCUT2D eigenvalue weighted by Crippen LogP contribution is -2.69. The summed E-state index contributed by atoms with van der Waals surface area (Å²) in [7, 11) is 0. The molecule has 2 N–H and O–H groups in total. The van der Waals surface area contributed by atoms with Crippen molar-refractivity contribution in [3.05, 3.63) is 23.8 Å². The number of ketones is 2. The van der Waals surface area contributed by atoms with Gasteiger partial charge in [-0.05, 0) is 61.2 Å². The number of aliphatic hydroxyl groups is 2. The Morgan fingerprint density at radius 3 is 2.68 bits per heavy atom. The van der Waals surface area contributed by atoms with Crippen LogP contribution in [0.5, 0.6) is 0 Å². The van der Waals surface area contributed by atoms with Gasteiger partial charge in [0.1, 0.15) is 18.4 Å². The number of carbonyl (C=O) groups is 2. The first-order chi connectivity index (χ1) is 15.9. The Morgan fingerprint density at radius 2 is 1.97 bits per heavy atom. The van der Waals surface area contributed by atoms with Gasteiger partial charge in [0, 0.05) is 23.2 Å². The molecular weight excluding hydrogens is 439 g/mol. The Hall–Kier alpha value is -1.41. The van der Waals surface area contributed by atoms with Crippen LogP contribution in [0.4, 0.5) is 4.39 Å². The van der Waals surface area contributed by atoms with E-state index in [-0.39, 0.29) is 54.7 Å². The molecule has 5 rings (SSSR count). The fraction of sp³-hybridized carbons (Fsp3) is 0.778. The van der Waals surface area contributed by atoms with Crippen molar-refractivity contribution in [2.45, 2.75) is 90.1 Å². The number of hydrogen-bond donors (Lipinski definition) is 2. The summed E-state index contributed by atoms with van der Waals surface area (Å²) in [6.07, 6.45) is 5.51. The second-order valence-electron chi connectivity index (χ2n) is 11.8. The van der Waals surface area contributed by atoms with Crippen LogP contribution in [-0.2, 0) is 19.1 Å². The normalized spacial score (nSPS) is 52.3. The maximum atomic E-state index is 15.6. The van der Waals surface area contributed by atoms with Crippen LogP contribution in [0.15, 0.2) is 23.8 Å². The fourth-order valence-corrected chi connectivity index (χ4v) is 8.61. The molecule has 4 aliphatic carbocycles. The molecule has 0 radical (unpaired) electrons. The lowest BCUT2D eigenvalue weighted by atomic mass is 9.45. The minimum absolute atomic E-state index is 0.0731. The lowest BCUT2D eigenvalue weighted by Gasteiger charge is -2.61. The van der Waals surface area contributed by atoms with Gasteiger partial charge in [0.2, 0.25) is 0 Å². The highest BCUT2D eigenvalue weighted by molar-refractivity contribution is 6.01. The van der Waals surface area contributed by atoms with Gasteiger partial charge in [-0.2, -0.15) is 0 Å². The minimum atomic E-state index is -1.85. The van der Waals surface area contributed by atoms with Crippen molar-refractivity contribution < 1.29 is 33.7 Å². The molecule has 0 aromatic rings. The minimum Gasteiger partial charge on any atom is -0.393 e. The molecule has 0 aromatic heterocycles. The number of Topliss-reactive ketones (excluding diaryl/α,β-unsaturated/α-hetero) is 1. The van der Waals surface area contributed by atoms with Gasteiger partial charge in [-0.15, -0.1) is 0 Å². The average molecular weight is 477 g/mol. The van der Waals surface area contributed by atoms with Gasteiger partial charge in [0.25, 0.3) is 5.97 Å². The van der Waals surface area contributed by atoms with E-state index in [1.54, 1.807) is 6.08 Å². The van der Waals surface area contributed by atoms with Crippen LogP contribution < -0.4 is 0 Å². The first-order valence-corrected chi connectivity index (χ1v) is 12.8. The number of aliphatic hydroxyl groups excluding tert-OH is 1. The summed E-state index contributed by atoms with van der Waals surface area (Å²) in [5.41, 5.74) is -2.37. The average Bonchev–Trinajstić information content (AvgIpc) is 2.98. The predicted molar refractivity (Wildman–Crippen MR) is 122 cm³/mol. The van der Waals surface area contributed by atoms with Gasteiger partial charge in [0.15, 0.2) is 11.6 Å². The Labute approximate surface area is 200 Å². The number of allylic oxidation sites excluding steroid dienone is 4. The van der Waals surface area contributed by atoms with E-state index in [9.17, 15) is 19.8 Å². The SMILES string of the molecule is CCCCC1(O)OCC(=O)[C@@]2(O1)[C@H](C)C[C@H]1C3C[C@H](F)C4=CC(=O)C=CC4(C)C3[C@@H](O)CC12C. The first-order valence-electron chi connectivity index (χ1n) is 12.8. The molecule has 1 heterocycles. The van der Waals surface area contributed by atoms with Crippen molar-refractivity contribution in [1.29, 1.82) is 0 Å². The van der Waals surface area contributed by atoms with Gasteiger partial charge in [-0.25, -0.2) is 4.39 Å². The van der Waals surface area contributed by atoms with Crippen LogP contribution in [0, 0.1) is 34.5 Å². The van der Waals surface area contributed by atoms with E-state index in [0.717, 1.165) is 6.42 Å². The van der Waals surface area contributed by atoms with Crippen molar-refractivity contribution in [2.24, 2.45) is 34.5 Å². The third-order valence-corrected chi connectivity index (χ3v) is 10.0. The van der Waals surface area contributed by atoms with Crippen LogP contribution >= 0.6 is 0 Å². The Kier molecular flexibility index (Phi) is 5.57. The molecule has 1 spiro atoms. The second kappa shape index (κ2) is 7.79. The summed E-state index contributed by atoms with van der Waals surface area (Å²) in [5.74, 6) is -3.01. The number of rotatable bonds is 3. The molecule has 188 valence electrons. The van der Waals surface area contributed by atoms with E-state index in [4.69, 9.17) is 9.47 Å². The number of alkyl halides is 1.